The van der Waals surface area contributed by atoms with Gasteiger partial charge in [0.2, 0.25) is 5.60 Å². The number of oxime groups is 1. The number of nitrogens with zero attached hydrogens (tertiary/aromatic N) is 1. The summed E-state index contributed by atoms with van der Waals surface area (Å²) in [4.78, 5) is 42.9. The van der Waals surface area contributed by atoms with Crippen molar-refractivity contribution in [2.45, 2.75) is 31.4 Å². The van der Waals surface area contributed by atoms with Crippen LogP contribution in [0.2, 0.25) is 10.0 Å². The van der Waals surface area contributed by atoms with Gasteiger partial charge in [0.05, 0.1) is 21.3 Å². The molecule has 8 nitrogen and oxygen atoms in total. The molecule has 3 N–H and O–H groups in total. The highest BCUT2D eigenvalue weighted by Crippen LogP contribution is 2.28. The summed E-state index contributed by atoms with van der Waals surface area (Å²) in [7, 11) is 0. The number of benzene rings is 3. The lowest BCUT2D eigenvalue weighted by atomic mass is 9.94. The number of carbonyl (C=O) groups is 3. The van der Waals surface area contributed by atoms with Crippen molar-refractivity contribution in [3.63, 3.8) is 0 Å². The molecule has 0 bridgehead atoms. The van der Waals surface area contributed by atoms with E-state index in [9.17, 15) is 19.5 Å². The van der Waals surface area contributed by atoms with E-state index < -0.39 is 29.4 Å². The minimum absolute atomic E-state index is 0.0219. The van der Waals surface area contributed by atoms with E-state index >= 15 is 0 Å². The average molecular weight is 540 g/mol. The SMILES string of the molecule is CC1(C(=O)NC(Cc2ccc(NC(=O)c3c(Cl)cccc3Cl)cc2)C(=O)O)CC(c2ccccc2)=NO1. The van der Waals surface area contributed by atoms with Gasteiger partial charge < -0.3 is 20.6 Å². The van der Waals surface area contributed by atoms with Crippen molar-refractivity contribution >= 4 is 52.4 Å². The molecule has 190 valence electrons. The highest BCUT2D eigenvalue weighted by molar-refractivity contribution is 6.40. The Hall–Kier alpha value is -3.88. The van der Waals surface area contributed by atoms with E-state index in [-0.39, 0.29) is 28.5 Å². The molecule has 3 aromatic rings. The number of nitrogens with one attached hydrogen (secondary N) is 2. The summed E-state index contributed by atoms with van der Waals surface area (Å²) in [5.74, 6) is -2.24. The summed E-state index contributed by atoms with van der Waals surface area (Å²) in [5, 5.41) is 19.5. The van der Waals surface area contributed by atoms with E-state index in [2.05, 4.69) is 15.8 Å². The van der Waals surface area contributed by atoms with Crippen molar-refractivity contribution in [3.05, 3.63) is 99.5 Å². The largest absolute Gasteiger partial charge is 0.480 e. The molecule has 3 aromatic carbocycles. The Balaban J connectivity index is 1.38. The van der Waals surface area contributed by atoms with Crippen molar-refractivity contribution in [2.75, 3.05) is 5.32 Å². The van der Waals surface area contributed by atoms with Gasteiger partial charge >= 0.3 is 5.97 Å². The standard InChI is InChI=1S/C27H23Cl2N3O5/c1-27(15-22(32-37-27)17-6-3-2-4-7-17)26(36)31-21(25(34)35)14-16-10-12-18(13-11-16)30-24(33)23-19(28)8-5-9-20(23)29/h2-13,21H,14-15H2,1H3,(H,30,33)(H,31,36)(H,34,35). The van der Waals surface area contributed by atoms with Crippen molar-refractivity contribution in [3.8, 4) is 0 Å². The van der Waals surface area contributed by atoms with Crippen LogP contribution in [0, 0.1) is 0 Å². The fraction of sp³-hybridized carbons (Fsp3) is 0.185. The first-order valence-electron chi connectivity index (χ1n) is 11.3. The molecule has 2 atom stereocenters. The second-order valence-electron chi connectivity index (χ2n) is 8.72. The van der Waals surface area contributed by atoms with Crippen molar-refractivity contribution in [1.29, 1.82) is 0 Å². The average Bonchev–Trinajstić information content (AvgIpc) is 3.28. The predicted octanol–water partition coefficient (Wildman–Crippen LogP) is 4.94. The maximum absolute atomic E-state index is 13.0. The number of carbonyl (C=O) groups excluding carboxylic acids is 2. The van der Waals surface area contributed by atoms with Crippen LogP contribution < -0.4 is 10.6 Å². The summed E-state index contributed by atoms with van der Waals surface area (Å²) in [6, 6.07) is 19.5. The second-order valence-corrected chi connectivity index (χ2v) is 9.53. The van der Waals surface area contributed by atoms with E-state index in [0.29, 0.717) is 17.0 Å². The molecule has 10 heteroatoms. The van der Waals surface area contributed by atoms with Gasteiger partial charge in [-0.3, -0.25) is 9.59 Å². The lowest BCUT2D eigenvalue weighted by Crippen LogP contribution is -2.51. The Bertz CT molecular complexity index is 1340. The molecule has 0 fully saturated rings. The van der Waals surface area contributed by atoms with Crippen molar-refractivity contribution in [2.24, 2.45) is 5.16 Å². The second kappa shape index (κ2) is 11.0. The molecule has 2 unspecified atom stereocenters. The summed E-state index contributed by atoms with van der Waals surface area (Å²) < 4.78 is 0. The topological polar surface area (TPSA) is 117 Å². The molecule has 37 heavy (non-hydrogen) atoms. The van der Waals surface area contributed by atoms with Gasteiger partial charge in [-0.1, -0.05) is 76.9 Å². The Morgan fingerprint density at radius 3 is 2.27 bits per heavy atom. The Morgan fingerprint density at radius 2 is 1.65 bits per heavy atom. The van der Waals surface area contributed by atoms with Crippen molar-refractivity contribution < 1.29 is 24.3 Å². The molecule has 4 rings (SSSR count). The predicted molar refractivity (Wildman–Crippen MR) is 141 cm³/mol. The fourth-order valence-electron chi connectivity index (χ4n) is 3.83. The Kier molecular flexibility index (Phi) is 7.80. The first-order valence-corrected chi connectivity index (χ1v) is 12.1. The Morgan fingerprint density at radius 1 is 1.00 bits per heavy atom. The fourth-order valence-corrected chi connectivity index (χ4v) is 4.40. The van der Waals surface area contributed by atoms with E-state index in [1.165, 1.54) is 0 Å². The number of anilines is 1. The first-order chi connectivity index (χ1) is 17.7. The zero-order valence-corrected chi connectivity index (χ0v) is 21.2. The van der Waals surface area contributed by atoms with Crippen molar-refractivity contribution in [1.82, 2.24) is 5.32 Å². The lowest BCUT2D eigenvalue weighted by molar-refractivity contribution is -0.148. The molecule has 2 amide bonds. The number of amides is 2. The van der Waals surface area contributed by atoms with Crippen LogP contribution in [0.4, 0.5) is 5.69 Å². The third-order valence-corrected chi connectivity index (χ3v) is 6.52. The molecule has 1 aliphatic heterocycles. The summed E-state index contributed by atoms with van der Waals surface area (Å²) in [6.45, 7) is 1.57. The summed E-state index contributed by atoms with van der Waals surface area (Å²) in [5.41, 5.74) is 1.38. The van der Waals surface area contributed by atoms with Crippen LogP contribution in [0.15, 0.2) is 78.0 Å². The third-order valence-electron chi connectivity index (χ3n) is 5.89. The zero-order valence-electron chi connectivity index (χ0n) is 19.7. The van der Waals surface area contributed by atoms with Gasteiger partial charge in [0.15, 0.2) is 0 Å². The summed E-state index contributed by atoms with van der Waals surface area (Å²) >= 11 is 12.2. The normalized spacial score (nSPS) is 17.3. The number of hydrogen-bond donors (Lipinski definition) is 3. The number of rotatable bonds is 8. The monoisotopic (exact) mass is 539 g/mol. The van der Waals surface area contributed by atoms with Crippen LogP contribution in [-0.2, 0) is 20.8 Å². The van der Waals surface area contributed by atoms with Gasteiger partial charge in [-0.05, 0) is 42.3 Å². The maximum Gasteiger partial charge on any atom is 0.326 e. The van der Waals surface area contributed by atoms with E-state index in [1.54, 1.807) is 49.4 Å². The number of halogens is 2. The molecule has 0 saturated carbocycles. The molecule has 0 aliphatic carbocycles. The van der Waals surface area contributed by atoms with Gasteiger partial charge in [-0.15, -0.1) is 0 Å². The summed E-state index contributed by atoms with van der Waals surface area (Å²) in [6.07, 6.45) is 0.229. The number of carboxylic acids is 1. The van der Waals surface area contributed by atoms with Gasteiger partial charge in [-0.25, -0.2) is 4.79 Å². The minimum atomic E-state index is -1.33. The van der Waals surface area contributed by atoms with E-state index in [4.69, 9.17) is 28.0 Å². The van der Waals surface area contributed by atoms with Crippen LogP contribution in [0.25, 0.3) is 0 Å². The van der Waals surface area contributed by atoms with Crippen LogP contribution in [0.1, 0.15) is 34.8 Å². The van der Waals surface area contributed by atoms with E-state index in [1.807, 2.05) is 30.3 Å². The molecule has 0 saturated heterocycles. The number of carboxylic acid groups (broad SMARTS) is 1. The maximum atomic E-state index is 13.0. The molecule has 0 radical (unpaired) electrons. The highest BCUT2D eigenvalue weighted by Gasteiger charge is 2.43. The minimum Gasteiger partial charge on any atom is -0.480 e. The third kappa shape index (κ3) is 6.10. The van der Waals surface area contributed by atoms with Crippen LogP contribution >= 0.6 is 23.2 Å². The number of hydrogen-bond acceptors (Lipinski definition) is 5. The van der Waals surface area contributed by atoms with Gasteiger partial charge in [0.1, 0.15) is 6.04 Å². The number of aliphatic carboxylic acids is 1. The molecule has 0 spiro atoms. The molecular weight excluding hydrogens is 517 g/mol. The van der Waals surface area contributed by atoms with Crippen LogP contribution in [-0.4, -0.2) is 40.2 Å². The van der Waals surface area contributed by atoms with Gasteiger partial charge in [-0.2, -0.15) is 0 Å². The molecule has 1 heterocycles. The highest BCUT2D eigenvalue weighted by atomic mass is 35.5. The van der Waals surface area contributed by atoms with E-state index in [0.717, 1.165) is 5.56 Å². The molecule has 0 aromatic heterocycles. The molecular formula is C27H23Cl2N3O5. The van der Waals surface area contributed by atoms with Crippen LogP contribution in [0.3, 0.4) is 0 Å². The Labute approximate surface area is 223 Å². The quantitative estimate of drug-likeness (QED) is 0.374. The lowest BCUT2D eigenvalue weighted by Gasteiger charge is -2.23. The smallest absolute Gasteiger partial charge is 0.326 e. The van der Waals surface area contributed by atoms with Gasteiger partial charge in [0, 0.05) is 18.5 Å². The zero-order chi connectivity index (χ0) is 26.6. The van der Waals surface area contributed by atoms with Crippen LogP contribution in [0.5, 0.6) is 0 Å². The molecule has 1 aliphatic rings. The van der Waals surface area contributed by atoms with Gasteiger partial charge in [0.25, 0.3) is 11.8 Å². The first kappa shape index (κ1) is 26.2.